The summed E-state index contributed by atoms with van der Waals surface area (Å²) in [5, 5.41) is 0. The first-order valence-electron chi connectivity index (χ1n) is 9.56. The smallest absolute Gasteiger partial charge is 0.306 e. The number of esters is 2. The minimum Gasteiger partial charge on any atom is -0.464 e. The average molecular weight is 409 g/mol. The standard InChI is InChI=1S/C18H36N2O4S2/c1-3-5-7-15(19)13-23-17(21)9-11-25-26-12-10-18(22)24-14-16(20)8-6-4-2/h15-16H,3-14,19-20H2,1-2H3. The molecule has 0 heterocycles. The van der Waals surface area contributed by atoms with Crippen LogP contribution in [-0.2, 0) is 19.1 Å². The van der Waals surface area contributed by atoms with E-state index < -0.39 is 0 Å². The van der Waals surface area contributed by atoms with Gasteiger partial charge in [-0.3, -0.25) is 9.59 Å². The molecule has 0 saturated carbocycles. The highest BCUT2D eigenvalue weighted by Crippen LogP contribution is 2.23. The van der Waals surface area contributed by atoms with Gasteiger partial charge in [0.2, 0.25) is 0 Å². The van der Waals surface area contributed by atoms with Crippen LogP contribution in [0.25, 0.3) is 0 Å². The zero-order chi connectivity index (χ0) is 19.6. The van der Waals surface area contributed by atoms with E-state index in [2.05, 4.69) is 13.8 Å². The van der Waals surface area contributed by atoms with Gasteiger partial charge in [0, 0.05) is 23.6 Å². The van der Waals surface area contributed by atoms with Gasteiger partial charge in [-0.1, -0.05) is 61.1 Å². The summed E-state index contributed by atoms with van der Waals surface area (Å²) in [5.41, 5.74) is 11.7. The molecule has 0 rings (SSSR count). The summed E-state index contributed by atoms with van der Waals surface area (Å²) >= 11 is 0. The Morgan fingerprint density at radius 3 is 1.54 bits per heavy atom. The summed E-state index contributed by atoms with van der Waals surface area (Å²) in [6, 6.07) is -0.135. The lowest BCUT2D eigenvalue weighted by Crippen LogP contribution is -2.27. The number of carbonyl (C=O) groups excluding carboxylic acids is 2. The van der Waals surface area contributed by atoms with Crippen molar-refractivity contribution in [3.05, 3.63) is 0 Å². The molecule has 0 radical (unpaired) electrons. The fourth-order valence-electron chi connectivity index (χ4n) is 2.01. The molecule has 2 unspecified atom stereocenters. The molecule has 6 nitrogen and oxygen atoms in total. The normalized spacial score (nSPS) is 13.2. The number of unbranched alkanes of at least 4 members (excludes halogenated alkanes) is 2. The Balaban J connectivity index is 3.48. The molecule has 4 N–H and O–H groups in total. The Morgan fingerprint density at radius 1 is 0.808 bits per heavy atom. The Kier molecular flexibility index (Phi) is 17.6. The van der Waals surface area contributed by atoms with E-state index in [1.54, 1.807) is 21.6 Å². The summed E-state index contributed by atoms with van der Waals surface area (Å²) in [4.78, 5) is 23.2. The monoisotopic (exact) mass is 408 g/mol. The lowest BCUT2D eigenvalue weighted by molar-refractivity contribution is -0.144. The van der Waals surface area contributed by atoms with Crippen LogP contribution in [0.5, 0.6) is 0 Å². The fourth-order valence-corrected chi connectivity index (χ4v) is 3.95. The molecule has 0 aliphatic carbocycles. The quantitative estimate of drug-likeness (QED) is 0.215. The largest absolute Gasteiger partial charge is 0.464 e. The van der Waals surface area contributed by atoms with Gasteiger partial charge in [-0.25, -0.2) is 0 Å². The molecule has 0 amide bonds. The van der Waals surface area contributed by atoms with Crippen molar-refractivity contribution in [3.63, 3.8) is 0 Å². The maximum Gasteiger partial charge on any atom is 0.306 e. The zero-order valence-electron chi connectivity index (χ0n) is 16.2. The van der Waals surface area contributed by atoms with Crippen LogP contribution in [-0.4, -0.2) is 48.7 Å². The third kappa shape index (κ3) is 17.0. The Morgan fingerprint density at radius 2 is 1.19 bits per heavy atom. The van der Waals surface area contributed by atoms with Gasteiger partial charge < -0.3 is 20.9 Å². The highest BCUT2D eigenvalue weighted by Gasteiger charge is 2.09. The summed E-state index contributed by atoms with van der Waals surface area (Å²) in [6.45, 7) is 4.80. The number of ether oxygens (including phenoxy) is 2. The second-order valence-electron chi connectivity index (χ2n) is 6.31. The van der Waals surface area contributed by atoms with Gasteiger partial charge in [-0.15, -0.1) is 0 Å². The van der Waals surface area contributed by atoms with Gasteiger partial charge in [0.05, 0.1) is 12.8 Å². The van der Waals surface area contributed by atoms with Crippen LogP contribution in [0.3, 0.4) is 0 Å². The highest BCUT2D eigenvalue weighted by molar-refractivity contribution is 8.76. The van der Waals surface area contributed by atoms with Crippen molar-refractivity contribution >= 4 is 33.5 Å². The van der Waals surface area contributed by atoms with Gasteiger partial charge in [0.25, 0.3) is 0 Å². The summed E-state index contributed by atoms with van der Waals surface area (Å²) in [5.74, 6) is 0.881. The van der Waals surface area contributed by atoms with Crippen molar-refractivity contribution in [2.45, 2.75) is 77.3 Å². The second-order valence-corrected chi connectivity index (χ2v) is 9.02. The minimum absolute atomic E-state index is 0.0676. The lowest BCUT2D eigenvalue weighted by atomic mass is 10.1. The number of nitrogens with two attached hydrogens (primary N) is 2. The third-order valence-electron chi connectivity index (χ3n) is 3.64. The molecule has 26 heavy (non-hydrogen) atoms. The molecule has 8 heteroatoms. The number of carbonyl (C=O) groups is 2. The van der Waals surface area contributed by atoms with Crippen LogP contribution < -0.4 is 11.5 Å². The molecular formula is C18H36N2O4S2. The number of hydrogen-bond donors (Lipinski definition) is 2. The Labute approximate surface area is 166 Å². The Hall–Kier alpha value is -0.440. The van der Waals surface area contributed by atoms with E-state index >= 15 is 0 Å². The summed E-state index contributed by atoms with van der Waals surface area (Å²) < 4.78 is 10.3. The van der Waals surface area contributed by atoms with Crippen molar-refractivity contribution in [2.75, 3.05) is 24.7 Å². The zero-order valence-corrected chi connectivity index (χ0v) is 17.9. The van der Waals surface area contributed by atoms with Crippen molar-refractivity contribution in [1.29, 1.82) is 0 Å². The highest BCUT2D eigenvalue weighted by atomic mass is 33.1. The summed E-state index contributed by atoms with van der Waals surface area (Å²) in [7, 11) is 3.12. The van der Waals surface area contributed by atoms with Crippen molar-refractivity contribution < 1.29 is 19.1 Å². The van der Waals surface area contributed by atoms with Gasteiger partial charge >= 0.3 is 11.9 Å². The van der Waals surface area contributed by atoms with Crippen LogP contribution in [0, 0.1) is 0 Å². The van der Waals surface area contributed by atoms with Gasteiger partial charge in [-0.2, -0.15) is 0 Å². The van der Waals surface area contributed by atoms with Crippen molar-refractivity contribution in [2.24, 2.45) is 11.5 Å². The fraction of sp³-hybridized carbons (Fsp3) is 0.889. The van der Waals surface area contributed by atoms with Crippen LogP contribution in [0.1, 0.15) is 65.2 Å². The Bertz CT molecular complexity index is 339. The van der Waals surface area contributed by atoms with E-state index in [1.807, 2.05) is 0 Å². The molecule has 0 bridgehead atoms. The molecule has 154 valence electrons. The SMILES string of the molecule is CCCCC(N)COC(=O)CCSSCCC(=O)OCC(N)CCCC. The van der Waals surface area contributed by atoms with Crippen LogP contribution in [0.15, 0.2) is 0 Å². The van der Waals surface area contributed by atoms with E-state index in [9.17, 15) is 9.59 Å². The molecule has 0 spiro atoms. The van der Waals surface area contributed by atoms with E-state index in [1.165, 1.54) is 0 Å². The van der Waals surface area contributed by atoms with Crippen molar-refractivity contribution in [1.82, 2.24) is 0 Å². The molecule has 2 atom stereocenters. The lowest BCUT2D eigenvalue weighted by Gasteiger charge is -2.11. The number of hydrogen-bond acceptors (Lipinski definition) is 8. The van der Waals surface area contributed by atoms with E-state index in [-0.39, 0.29) is 24.0 Å². The van der Waals surface area contributed by atoms with E-state index in [0.717, 1.165) is 38.5 Å². The molecule has 0 aromatic rings. The molecule has 0 aliphatic rings. The van der Waals surface area contributed by atoms with Crippen LogP contribution in [0.4, 0.5) is 0 Å². The first-order valence-corrected chi connectivity index (χ1v) is 12.0. The molecule has 0 saturated heterocycles. The topological polar surface area (TPSA) is 105 Å². The van der Waals surface area contributed by atoms with Gasteiger partial charge in [-0.05, 0) is 12.8 Å². The molecule has 0 aliphatic heterocycles. The average Bonchev–Trinajstić information content (AvgIpc) is 2.63. The minimum atomic E-state index is -0.217. The van der Waals surface area contributed by atoms with E-state index in [4.69, 9.17) is 20.9 Å². The first kappa shape index (κ1) is 25.6. The van der Waals surface area contributed by atoms with E-state index in [0.29, 0.717) is 37.6 Å². The molecular weight excluding hydrogens is 372 g/mol. The van der Waals surface area contributed by atoms with Gasteiger partial charge in [0.1, 0.15) is 13.2 Å². The van der Waals surface area contributed by atoms with Gasteiger partial charge in [0.15, 0.2) is 0 Å². The van der Waals surface area contributed by atoms with Crippen molar-refractivity contribution in [3.8, 4) is 0 Å². The van der Waals surface area contributed by atoms with Crippen LogP contribution in [0.2, 0.25) is 0 Å². The first-order chi connectivity index (χ1) is 12.5. The maximum absolute atomic E-state index is 11.6. The summed E-state index contributed by atoms with van der Waals surface area (Å²) in [6.07, 6.45) is 6.77. The second kappa shape index (κ2) is 17.9. The predicted octanol–water partition coefficient (Wildman–Crippen LogP) is 3.27. The molecule has 0 aromatic carbocycles. The third-order valence-corrected chi connectivity index (χ3v) is 6.04. The number of rotatable bonds is 17. The molecule has 0 fully saturated rings. The van der Waals surface area contributed by atoms with Crippen LogP contribution >= 0.6 is 21.6 Å². The maximum atomic E-state index is 11.6. The predicted molar refractivity (Wildman–Crippen MR) is 111 cm³/mol. The molecule has 0 aromatic heterocycles.